The normalized spacial score (nSPS) is 15.6. The van der Waals surface area contributed by atoms with Gasteiger partial charge in [0.05, 0.1) is 5.56 Å². The maximum atomic E-state index is 13.0. The predicted octanol–water partition coefficient (Wildman–Crippen LogP) is 3.23. The molecule has 3 aromatic rings. The maximum Gasteiger partial charge on any atom is 0.276 e. The monoisotopic (exact) mass is 377 g/mol. The van der Waals surface area contributed by atoms with Gasteiger partial charge in [0.1, 0.15) is 11.6 Å². The summed E-state index contributed by atoms with van der Waals surface area (Å²) < 4.78 is 50.4. The van der Waals surface area contributed by atoms with Crippen LogP contribution in [0.3, 0.4) is 0 Å². The van der Waals surface area contributed by atoms with Gasteiger partial charge in [-0.1, -0.05) is 5.16 Å². The van der Waals surface area contributed by atoms with E-state index in [2.05, 4.69) is 10.1 Å². The number of rotatable bonds is 4. The summed E-state index contributed by atoms with van der Waals surface area (Å²) in [6.07, 6.45) is 1.69. The van der Waals surface area contributed by atoms with E-state index < -0.39 is 10.0 Å². The molecule has 1 fully saturated rings. The van der Waals surface area contributed by atoms with Crippen LogP contribution in [-0.4, -0.2) is 36.0 Å². The number of nitrogens with zero attached hydrogens (tertiary/aromatic N) is 3. The molecule has 1 aromatic carbocycles. The Morgan fingerprint density at radius 3 is 2.54 bits per heavy atom. The van der Waals surface area contributed by atoms with Gasteiger partial charge >= 0.3 is 0 Å². The average molecular weight is 377 g/mol. The highest BCUT2D eigenvalue weighted by molar-refractivity contribution is 7.89. The largest absolute Gasteiger partial charge is 0.448 e. The van der Waals surface area contributed by atoms with E-state index in [4.69, 9.17) is 8.94 Å². The van der Waals surface area contributed by atoms with Crippen LogP contribution in [0.1, 0.15) is 18.6 Å². The molecule has 7 nitrogen and oxygen atoms in total. The van der Waals surface area contributed by atoms with Crippen molar-refractivity contribution in [1.82, 2.24) is 14.4 Å². The van der Waals surface area contributed by atoms with Gasteiger partial charge in [-0.05, 0) is 44.0 Å². The first-order chi connectivity index (χ1) is 12.4. The Hall–Kier alpha value is -2.52. The first-order valence-corrected chi connectivity index (χ1v) is 9.60. The lowest BCUT2D eigenvalue weighted by atomic mass is 10.2. The quantitative estimate of drug-likeness (QED) is 0.693. The molecule has 0 N–H and O–H groups in total. The SMILES string of the molecule is Cc1oc(S(=O)(=O)N2CCCC2)cc1-c1nc(-c2ccc(F)cc2)no1. The molecule has 136 valence electrons. The molecular weight excluding hydrogens is 361 g/mol. The van der Waals surface area contributed by atoms with E-state index in [1.807, 2.05) is 0 Å². The van der Waals surface area contributed by atoms with Crippen molar-refractivity contribution in [3.63, 3.8) is 0 Å². The zero-order valence-corrected chi connectivity index (χ0v) is 14.8. The predicted molar refractivity (Wildman–Crippen MR) is 90.1 cm³/mol. The molecule has 1 aliphatic heterocycles. The molecule has 0 amide bonds. The lowest BCUT2D eigenvalue weighted by molar-refractivity contribution is 0.397. The van der Waals surface area contributed by atoms with Crippen LogP contribution >= 0.6 is 0 Å². The summed E-state index contributed by atoms with van der Waals surface area (Å²) in [5.41, 5.74) is 1.01. The Kier molecular flexibility index (Phi) is 4.12. The smallest absolute Gasteiger partial charge is 0.276 e. The van der Waals surface area contributed by atoms with Crippen LogP contribution in [0.5, 0.6) is 0 Å². The third-order valence-electron chi connectivity index (χ3n) is 4.31. The first-order valence-electron chi connectivity index (χ1n) is 8.16. The average Bonchev–Trinajstić information content (AvgIpc) is 3.36. The van der Waals surface area contributed by atoms with Crippen molar-refractivity contribution in [2.24, 2.45) is 0 Å². The fraction of sp³-hybridized carbons (Fsp3) is 0.294. The summed E-state index contributed by atoms with van der Waals surface area (Å²) in [7, 11) is -3.66. The van der Waals surface area contributed by atoms with E-state index in [-0.39, 0.29) is 22.6 Å². The zero-order chi connectivity index (χ0) is 18.3. The highest BCUT2D eigenvalue weighted by Crippen LogP contribution is 2.31. The number of halogens is 1. The molecule has 1 aliphatic rings. The standard InChI is InChI=1S/C17H16FN3O4S/c1-11-14(10-15(24-11)26(22,23)21-8-2-3-9-21)17-19-16(20-25-17)12-4-6-13(18)7-5-12/h4-7,10H,2-3,8-9H2,1H3. The Bertz CT molecular complexity index is 1030. The highest BCUT2D eigenvalue weighted by atomic mass is 32.2. The third-order valence-corrected chi connectivity index (χ3v) is 6.07. The summed E-state index contributed by atoms with van der Waals surface area (Å²) in [5, 5.41) is 3.74. The number of furan rings is 1. The molecule has 2 aromatic heterocycles. The van der Waals surface area contributed by atoms with Crippen LogP contribution in [0.15, 0.2) is 44.4 Å². The van der Waals surface area contributed by atoms with Crippen molar-refractivity contribution in [2.45, 2.75) is 24.9 Å². The van der Waals surface area contributed by atoms with Crippen molar-refractivity contribution < 1.29 is 21.7 Å². The van der Waals surface area contributed by atoms with Crippen LogP contribution in [0, 0.1) is 12.7 Å². The number of sulfonamides is 1. The summed E-state index contributed by atoms with van der Waals surface area (Å²) >= 11 is 0. The van der Waals surface area contributed by atoms with Crippen LogP contribution < -0.4 is 0 Å². The number of benzene rings is 1. The second-order valence-electron chi connectivity index (χ2n) is 6.08. The van der Waals surface area contributed by atoms with E-state index in [1.54, 1.807) is 6.92 Å². The summed E-state index contributed by atoms with van der Waals surface area (Å²) in [4.78, 5) is 4.27. The van der Waals surface area contributed by atoms with Crippen molar-refractivity contribution in [1.29, 1.82) is 0 Å². The summed E-state index contributed by atoms with van der Waals surface area (Å²) in [6.45, 7) is 2.62. The second-order valence-corrected chi connectivity index (χ2v) is 7.95. The highest BCUT2D eigenvalue weighted by Gasteiger charge is 2.31. The molecule has 0 bridgehead atoms. The molecule has 26 heavy (non-hydrogen) atoms. The number of aromatic nitrogens is 2. The molecule has 0 radical (unpaired) electrons. The fourth-order valence-electron chi connectivity index (χ4n) is 2.90. The molecule has 9 heteroatoms. The molecule has 0 saturated carbocycles. The van der Waals surface area contributed by atoms with E-state index in [1.165, 1.54) is 34.6 Å². The van der Waals surface area contributed by atoms with Gasteiger partial charge in [0, 0.05) is 24.7 Å². The third kappa shape index (κ3) is 2.93. The molecule has 0 atom stereocenters. The van der Waals surface area contributed by atoms with Crippen LogP contribution in [0.4, 0.5) is 4.39 Å². The van der Waals surface area contributed by atoms with Gasteiger partial charge in [-0.2, -0.15) is 9.29 Å². The summed E-state index contributed by atoms with van der Waals surface area (Å²) in [5.74, 6) is 0.440. The van der Waals surface area contributed by atoms with Crippen molar-refractivity contribution in [3.05, 3.63) is 41.9 Å². The van der Waals surface area contributed by atoms with Gasteiger partial charge in [0.2, 0.25) is 10.9 Å². The van der Waals surface area contributed by atoms with Crippen molar-refractivity contribution >= 4 is 10.0 Å². The Morgan fingerprint density at radius 1 is 1.15 bits per heavy atom. The van der Waals surface area contributed by atoms with Crippen LogP contribution in [-0.2, 0) is 10.0 Å². The minimum Gasteiger partial charge on any atom is -0.448 e. The van der Waals surface area contributed by atoms with Crippen LogP contribution in [0.2, 0.25) is 0 Å². The van der Waals surface area contributed by atoms with Gasteiger partial charge < -0.3 is 8.94 Å². The van der Waals surface area contributed by atoms with E-state index in [0.717, 1.165) is 12.8 Å². The zero-order valence-electron chi connectivity index (χ0n) is 14.0. The van der Waals surface area contributed by atoms with Gasteiger partial charge in [0.25, 0.3) is 15.9 Å². The minimum absolute atomic E-state index is 0.131. The summed E-state index contributed by atoms with van der Waals surface area (Å²) in [6, 6.07) is 7.08. The molecule has 0 spiro atoms. The lowest BCUT2D eigenvalue weighted by Crippen LogP contribution is -2.27. The van der Waals surface area contributed by atoms with Gasteiger partial charge in [-0.3, -0.25) is 0 Å². The minimum atomic E-state index is -3.66. The van der Waals surface area contributed by atoms with Crippen molar-refractivity contribution in [3.8, 4) is 22.8 Å². The molecular formula is C17H16FN3O4S. The fourth-order valence-corrected chi connectivity index (χ4v) is 4.39. The van der Waals surface area contributed by atoms with E-state index in [9.17, 15) is 12.8 Å². The van der Waals surface area contributed by atoms with E-state index >= 15 is 0 Å². The number of aryl methyl sites for hydroxylation is 1. The molecule has 1 saturated heterocycles. The van der Waals surface area contributed by atoms with Gasteiger partial charge in [-0.25, -0.2) is 12.8 Å². The van der Waals surface area contributed by atoms with Gasteiger partial charge in [-0.15, -0.1) is 0 Å². The number of hydrogen-bond acceptors (Lipinski definition) is 6. The topological polar surface area (TPSA) is 89.4 Å². The Morgan fingerprint density at radius 2 is 1.85 bits per heavy atom. The Labute approximate surface area is 149 Å². The number of hydrogen-bond donors (Lipinski definition) is 0. The molecule has 0 unspecified atom stereocenters. The van der Waals surface area contributed by atoms with Crippen LogP contribution in [0.25, 0.3) is 22.8 Å². The van der Waals surface area contributed by atoms with Crippen molar-refractivity contribution in [2.75, 3.05) is 13.1 Å². The maximum absolute atomic E-state index is 13.0. The molecule has 0 aliphatic carbocycles. The van der Waals surface area contributed by atoms with Gasteiger partial charge in [0.15, 0.2) is 0 Å². The molecule has 4 rings (SSSR count). The Balaban J connectivity index is 1.67. The second kappa shape index (κ2) is 6.33. The lowest BCUT2D eigenvalue weighted by Gasteiger charge is -2.12. The van der Waals surface area contributed by atoms with E-state index in [0.29, 0.717) is 30.0 Å². The first kappa shape index (κ1) is 16.9. The molecule has 3 heterocycles.